The molecular weight excluding hydrogens is 342 g/mol. The van der Waals surface area contributed by atoms with Crippen molar-refractivity contribution in [2.75, 3.05) is 20.1 Å². The lowest BCUT2D eigenvalue weighted by Gasteiger charge is -2.14. The lowest BCUT2D eigenvalue weighted by atomic mass is 9.98. The summed E-state index contributed by atoms with van der Waals surface area (Å²) in [6.45, 7) is 3.40. The molecule has 1 aromatic heterocycles. The Morgan fingerprint density at radius 3 is 2.82 bits per heavy atom. The molecule has 0 atom stereocenters. The van der Waals surface area contributed by atoms with Gasteiger partial charge < -0.3 is 10.6 Å². The van der Waals surface area contributed by atoms with Gasteiger partial charge in [0.15, 0.2) is 0 Å². The number of halogens is 1. The molecule has 1 saturated carbocycles. The summed E-state index contributed by atoms with van der Waals surface area (Å²) in [4.78, 5) is 17.5. The highest BCUT2D eigenvalue weighted by molar-refractivity contribution is 9.10. The van der Waals surface area contributed by atoms with Gasteiger partial charge in [-0.05, 0) is 50.6 Å². The number of pyridine rings is 1. The number of rotatable bonds is 5. The third kappa shape index (κ3) is 3.01. The first-order valence-corrected chi connectivity index (χ1v) is 8.43. The third-order valence-corrected chi connectivity index (χ3v) is 4.57. The van der Waals surface area contributed by atoms with Crippen LogP contribution in [0.2, 0.25) is 0 Å². The number of hydrogen-bond donors (Lipinski definition) is 2. The largest absolute Gasteiger partial charge is 0.351 e. The van der Waals surface area contributed by atoms with Crippen molar-refractivity contribution < 1.29 is 4.79 Å². The summed E-state index contributed by atoms with van der Waals surface area (Å²) in [6.07, 6.45) is 2.35. The fourth-order valence-corrected chi connectivity index (χ4v) is 3.15. The number of nitrogens with one attached hydrogen (secondary N) is 2. The molecule has 0 radical (unpaired) electrons. The number of fused-ring (bicyclic) bond motifs is 1. The van der Waals surface area contributed by atoms with Crippen LogP contribution in [0.25, 0.3) is 10.9 Å². The summed E-state index contributed by atoms with van der Waals surface area (Å²) < 4.78 is 0.963. The number of likely N-dealkylation sites (N-methyl/N-ethyl adjacent to an activating group) is 1. The van der Waals surface area contributed by atoms with Gasteiger partial charge in [0.2, 0.25) is 0 Å². The van der Waals surface area contributed by atoms with E-state index in [1.54, 1.807) is 0 Å². The number of nitrogens with zero attached hydrogens (tertiary/aromatic N) is 1. The zero-order chi connectivity index (χ0) is 15.7. The number of benzene rings is 1. The van der Waals surface area contributed by atoms with Crippen LogP contribution in [0.4, 0.5) is 0 Å². The van der Waals surface area contributed by atoms with Crippen molar-refractivity contribution in [3.8, 4) is 0 Å². The van der Waals surface area contributed by atoms with E-state index >= 15 is 0 Å². The lowest BCUT2D eigenvalue weighted by Crippen LogP contribution is -2.31. The van der Waals surface area contributed by atoms with Crippen LogP contribution in [0.5, 0.6) is 0 Å². The van der Waals surface area contributed by atoms with Crippen molar-refractivity contribution in [2.45, 2.75) is 25.7 Å². The van der Waals surface area contributed by atoms with Crippen molar-refractivity contribution in [3.63, 3.8) is 0 Å². The van der Waals surface area contributed by atoms with E-state index in [4.69, 9.17) is 4.98 Å². The fourth-order valence-electron chi connectivity index (χ4n) is 2.79. The van der Waals surface area contributed by atoms with E-state index in [0.29, 0.717) is 12.5 Å². The number of aromatic nitrogens is 1. The predicted octanol–water partition coefficient (Wildman–Crippen LogP) is 3.13. The van der Waals surface area contributed by atoms with E-state index in [1.165, 1.54) is 12.8 Å². The Labute approximate surface area is 138 Å². The number of amides is 1. The molecule has 0 bridgehead atoms. The molecule has 22 heavy (non-hydrogen) atoms. The van der Waals surface area contributed by atoms with Gasteiger partial charge in [-0.25, -0.2) is 0 Å². The topological polar surface area (TPSA) is 54.0 Å². The molecule has 3 rings (SSSR count). The minimum Gasteiger partial charge on any atom is -0.351 e. The van der Waals surface area contributed by atoms with Gasteiger partial charge in [0.05, 0.1) is 11.1 Å². The molecule has 1 fully saturated rings. The molecule has 0 saturated heterocycles. The molecular formula is C17H20BrN3O. The molecule has 0 unspecified atom stereocenters. The second-order valence-corrected chi connectivity index (χ2v) is 6.71. The molecule has 5 heteroatoms. The van der Waals surface area contributed by atoms with Gasteiger partial charge in [-0.15, -0.1) is 0 Å². The van der Waals surface area contributed by atoms with Crippen molar-refractivity contribution >= 4 is 32.7 Å². The quantitative estimate of drug-likeness (QED) is 0.804. The van der Waals surface area contributed by atoms with Crippen LogP contribution in [0.15, 0.2) is 22.7 Å². The van der Waals surface area contributed by atoms with Crippen molar-refractivity contribution in [1.29, 1.82) is 0 Å². The Bertz CT molecular complexity index is 725. The second-order valence-electron chi connectivity index (χ2n) is 5.79. The number of hydrogen-bond acceptors (Lipinski definition) is 3. The molecule has 116 valence electrons. The molecule has 4 nitrogen and oxygen atoms in total. The van der Waals surface area contributed by atoms with E-state index in [9.17, 15) is 4.79 Å². The van der Waals surface area contributed by atoms with Crippen LogP contribution in [0.1, 0.15) is 40.4 Å². The average Bonchev–Trinajstić information content (AvgIpc) is 3.31. The molecule has 1 aromatic carbocycles. The first-order valence-electron chi connectivity index (χ1n) is 7.64. The number of carbonyl (C=O) groups is 1. The van der Waals surface area contributed by atoms with Crippen LogP contribution in [-0.2, 0) is 0 Å². The Morgan fingerprint density at radius 1 is 1.36 bits per heavy atom. The van der Waals surface area contributed by atoms with E-state index in [-0.39, 0.29) is 5.91 Å². The molecule has 0 aliphatic heterocycles. The second kappa shape index (κ2) is 6.34. The standard InChI is InChI=1S/C17H20BrN3O/c1-10-15(17(22)20-8-7-19-2)13-9-12(18)5-6-14(13)21-16(10)11-3-4-11/h5-6,9,11,19H,3-4,7-8H2,1-2H3,(H,20,22). The van der Waals surface area contributed by atoms with E-state index in [1.807, 2.05) is 32.2 Å². The zero-order valence-electron chi connectivity index (χ0n) is 12.9. The highest BCUT2D eigenvalue weighted by Gasteiger charge is 2.29. The van der Waals surface area contributed by atoms with Crippen LogP contribution in [0, 0.1) is 6.92 Å². The van der Waals surface area contributed by atoms with E-state index < -0.39 is 0 Å². The van der Waals surface area contributed by atoms with Gasteiger partial charge in [0, 0.05) is 34.6 Å². The summed E-state index contributed by atoms with van der Waals surface area (Å²) >= 11 is 3.49. The van der Waals surface area contributed by atoms with E-state index in [0.717, 1.165) is 38.7 Å². The molecule has 1 aliphatic carbocycles. The van der Waals surface area contributed by atoms with Crippen LogP contribution >= 0.6 is 15.9 Å². The molecule has 2 aromatic rings. The molecule has 0 spiro atoms. The Morgan fingerprint density at radius 2 is 2.14 bits per heavy atom. The predicted molar refractivity (Wildman–Crippen MR) is 92.4 cm³/mol. The van der Waals surface area contributed by atoms with Crippen molar-refractivity contribution in [2.24, 2.45) is 0 Å². The lowest BCUT2D eigenvalue weighted by molar-refractivity contribution is 0.0955. The first kappa shape index (κ1) is 15.4. The zero-order valence-corrected chi connectivity index (χ0v) is 14.5. The summed E-state index contributed by atoms with van der Waals surface area (Å²) in [5, 5.41) is 6.95. The highest BCUT2D eigenvalue weighted by atomic mass is 79.9. The summed E-state index contributed by atoms with van der Waals surface area (Å²) in [6, 6.07) is 5.94. The third-order valence-electron chi connectivity index (χ3n) is 4.08. The minimum atomic E-state index is -0.0137. The van der Waals surface area contributed by atoms with Crippen molar-refractivity contribution in [1.82, 2.24) is 15.6 Å². The Balaban J connectivity index is 2.09. The monoisotopic (exact) mass is 361 g/mol. The highest BCUT2D eigenvalue weighted by Crippen LogP contribution is 2.42. The van der Waals surface area contributed by atoms with Crippen molar-refractivity contribution in [3.05, 3.63) is 39.5 Å². The molecule has 2 N–H and O–H groups in total. The normalized spacial score (nSPS) is 14.3. The van der Waals surface area contributed by atoms with Gasteiger partial charge in [-0.1, -0.05) is 15.9 Å². The van der Waals surface area contributed by atoms with Gasteiger partial charge >= 0.3 is 0 Å². The molecule has 1 aliphatic rings. The summed E-state index contributed by atoms with van der Waals surface area (Å²) in [7, 11) is 1.88. The fraction of sp³-hybridized carbons (Fsp3) is 0.412. The van der Waals surface area contributed by atoms with Gasteiger partial charge in [0.1, 0.15) is 0 Å². The average molecular weight is 362 g/mol. The first-order chi connectivity index (χ1) is 10.6. The minimum absolute atomic E-state index is 0.0137. The maximum absolute atomic E-state index is 12.7. The Hall–Kier alpha value is -1.46. The van der Waals surface area contributed by atoms with E-state index in [2.05, 4.69) is 26.6 Å². The van der Waals surface area contributed by atoms with Crippen LogP contribution in [0.3, 0.4) is 0 Å². The SMILES string of the molecule is CNCCNC(=O)c1c(C)c(C2CC2)nc2ccc(Br)cc12. The smallest absolute Gasteiger partial charge is 0.252 e. The van der Waals surface area contributed by atoms with Gasteiger partial charge in [0.25, 0.3) is 5.91 Å². The maximum Gasteiger partial charge on any atom is 0.252 e. The molecule has 1 amide bonds. The maximum atomic E-state index is 12.7. The molecule has 1 heterocycles. The summed E-state index contributed by atoms with van der Waals surface area (Å²) in [5.74, 6) is 0.511. The van der Waals surface area contributed by atoms with Gasteiger partial charge in [-0.2, -0.15) is 0 Å². The van der Waals surface area contributed by atoms with Gasteiger partial charge in [-0.3, -0.25) is 9.78 Å². The summed E-state index contributed by atoms with van der Waals surface area (Å²) in [5.41, 5.74) is 3.78. The van der Waals surface area contributed by atoms with Crippen LogP contribution in [-0.4, -0.2) is 31.0 Å². The van der Waals surface area contributed by atoms with Crippen LogP contribution < -0.4 is 10.6 Å². The Kier molecular flexibility index (Phi) is 4.45. The number of carbonyl (C=O) groups excluding carboxylic acids is 1.